The highest BCUT2D eigenvalue weighted by molar-refractivity contribution is 9.10. The Kier molecular flexibility index (Phi) is 6.95. The van der Waals surface area contributed by atoms with E-state index in [4.69, 9.17) is 0 Å². The lowest BCUT2D eigenvalue weighted by Crippen LogP contribution is -1.99. The summed E-state index contributed by atoms with van der Waals surface area (Å²) in [6.07, 6.45) is 6.80. The van der Waals surface area contributed by atoms with E-state index in [-0.39, 0.29) is 6.10 Å². The lowest BCUT2D eigenvalue weighted by Gasteiger charge is -2.14. The molecule has 1 rings (SSSR count). The van der Waals surface area contributed by atoms with Gasteiger partial charge < -0.3 is 5.11 Å². The van der Waals surface area contributed by atoms with Crippen molar-refractivity contribution in [1.29, 1.82) is 0 Å². The van der Waals surface area contributed by atoms with Gasteiger partial charge in [-0.15, -0.1) is 0 Å². The van der Waals surface area contributed by atoms with Crippen LogP contribution in [0.25, 0.3) is 0 Å². The summed E-state index contributed by atoms with van der Waals surface area (Å²) in [5.74, 6) is 0. The molecule has 0 saturated carbocycles. The fourth-order valence-electron chi connectivity index (χ4n) is 2.28. The van der Waals surface area contributed by atoms with Crippen LogP contribution in [0.3, 0.4) is 0 Å². The maximum atomic E-state index is 10.2. The summed E-state index contributed by atoms with van der Waals surface area (Å²) in [5.41, 5.74) is 3.47. The predicted molar refractivity (Wildman–Crippen MR) is 82.0 cm³/mol. The summed E-state index contributed by atoms with van der Waals surface area (Å²) in [5, 5.41) is 10.2. The topological polar surface area (TPSA) is 20.2 Å². The summed E-state index contributed by atoms with van der Waals surface area (Å²) in [4.78, 5) is 0. The van der Waals surface area contributed by atoms with Crippen molar-refractivity contribution >= 4 is 15.9 Å². The Morgan fingerprint density at radius 1 is 1.06 bits per heavy atom. The van der Waals surface area contributed by atoms with Crippen LogP contribution in [0.4, 0.5) is 0 Å². The molecule has 0 aromatic heterocycles. The third-order valence-corrected chi connectivity index (χ3v) is 4.68. The van der Waals surface area contributed by atoms with Gasteiger partial charge in [-0.1, -0.05) is 67.1 Å². The summed E-state index contributed by atoms with van der Waals surface area (Å²) in [6.45, 7) is 6.38. The van der Waals surface area contributed by atoms with Crippen molar-refractivity contribution in [2.75, 3.05) is 0 Å². The number of unbranched alkanes of at least 4 members (excludes halogenated alkanes) is 4. The molecule has 1 atom stereocenters. The van der Waals surface area contributed by atoms with Gasteiger partial charge in [0.15, 0.2) is 0 Å². The Bertz CT molecular complexity index is 350. The number of aliphatic hydroxyl groups is 1. The van der Waals surface area contributed by atoms with E-state index in [1.54, 1.807) is 0 Å². The zero-order valence-corrected chi connectivity index (χ0v) is 13.4. The fraction of sp³-hybridized carbons (Fsp3) is 0.625. The molecule has 0 saturated heterocycles. The molecule has 0 radical (unpaired) electrons. The molecule has 0 aliphatic rings. The number of halogens is 1. The van der Waals surface area contributed by atoms with Gasteiger partial charge in [-0.2, -0.15) is 0 Å². The molecule has 0 bridgehead atoms. The van der Waals surface area contributed by atoms with Crippen LogP contribution < -0.4 is 0 Å². The monoisotopic (exact) mass is 312 g/mol. The van der Waals surface area contributed by atoms with Gasteiger partial charge in [-0.3, -0.25) is 0 Å². The number of hydrogen-bond acceptors (Lipinski definition) is 1. The molecule has 0 aliphatic carbocycles. The van der Waals surface area contributed by atoms with Crippen molar-refractivity contribution in [2.45, 2.75) is 65.4 Å². The predicted octanol–water partition coefficient (Wildman–Crippen LogP) is 5.46. The second kappa shape index (κ2) is 7.96. The standard InChI is InChI=1S/C16H25BrO/c1-4-5-6-7-8-9-15(18)14-10-12(2)16(17)13(3)11-14/h10-11,15,18H,4-9H2,1-3H3. The zero-order chi connectivity index (χ0) is 13.5. The molecule has 0 aliphatic heterocycles. The van der Waals surface area contributed by atoms with Gasteiger partial charge in [-0.05, 0) is 37.0 Å². The Labute approximate surface area is 120 Å². The van der Waals surface area contributed by atoms with Gasteiger partial charge in [-0.25, -0.2) is 0 Å². The van der Waals surface area contributed by atoms with Gasteiger partial charge in [0.25, 0.3) is 0 Å². The van der Waals surface area contributed by atoms with Crippen LogP contribution in [0.2, 0.25) is 0 Å². The molecule has 102 valence electrons. The maximum Gasteiger partial charge on any atom is 0.0790 e. The van der Waals surface area contributed by atoms with Crippen LogP contribution in [0.15, 0.2) is 16.6 Å². The molecule has 1 N–H and O–H groups in total. The average Bonchev–Trinajstić information content (AvgIpc) is 2.34. The number of hydrogen-bond donors (Lipinski definition) is 1. The second-order valence-corrected chi connectivity index (χ2v) is 5.98. The van der Waals surface area contributed by atoms with Crippen molar-refractivity contribution in [3.05, 3.63) is 33.3 Å². The molecule has 1 aromatic carbocycles. The smallest absolute Gasteiger partial charge is 0.0790 e. The van der Waals surface area contributed by atoms with E-state index in [1.165, 1.54) is 36.8 Å². The normalized spacial score (nSPS) is 12.7. The zero-order valence-electron chi connectivity index (χ0n) is 11.8. The van der Waals surface area contributed by atoms with Gasteiger partial charge >= 0.3 is 0 Å². The van der Waals surface area contributed by atoms with E-state index >= 15 is 0 Å². The molecule has 18 heavy (non-hydrogen) atoms. The van der Waals surface area contributed by atoms with Crippen molar-refractivity contribution in [1.82, 2.24) is 0 Å². The Balaban J connectivity index is 2.49. The summed E-state index contributed by atoms with van der Waals surface area (Å²) >= 11 is 3.56. The number of rotatable bonds is 7. The molecule has 1 nitrogen and oxygen atoms in total. The largest absolute Gasteiger partial charge is 0.388 e. The lowest BCUT2D eigenvalue weighted by atomic mass is 9.99. The van der Waals surface area contributed by atoms with E-state index in [1.807, 2.05) is 0 Å². The molecule has 1 aromatic rings. The minimum Gasteiger partial charge on any atom is -0.388 e. The first kappa shape index (κ1) is 15.7. The van der Waals surface area contributed by atoms with Crippen molar-refractivity contribution in [3.8, 4) is 0 Å². The molecular formula is C16H25BrO. The Morgan fingerprint density at radius 3 is 2.17 bits per heavy atom. The molecule has 0 heterocycles. The highest BCUT2D eigenvalue weighted by Crippen LogP contribution is 2.27. The Hall–Kier alpha value is -0.340. The van der Waals surface area contributed by atoms with E-state index in [0.717, 1.165) is 22.9 Å². The quantitative estimate of drug-likeness (QED) is 0.663. The average molecular weight is 313 g/mol. The van der Waals surface area contributed by atoms with Crippen LogP contribution in [-0.4, -0.2) is 5.11 Å². The first-order valence-corrected chi connectivity index (χ1v) is 7.80. The second-order valence-electron chi connectivity index (χ2n) is 5.19. The SMILES string of the molecule is CCCCCCCC(O)c1cc(C)c(Br)c(C)c1. The first-order chi connectivity index (χ1) is 8.56. The minimum absolute atomic E-state index is 0.308. The summed E-state index contributed by atoms with van der Waals surface area (Å²) in [6, 6.07) is 4.18. The molecule has 0 fully saturated rings. The van der Waals surface area contributed by atoms with Crippen LogP contribution in [0, 0.1) is 13.8 Å². The summed E-state index contributed by atoms with van der Waals surface area (Å²) in [7, 11) is 0. The maximum absolute atomic E-state index is 10.2. The number of aliphatic hydroxyl groups excluding tert-OH is 1. The van der Waals surface area contributed by atoms with E-state index in [0.29, 0.717) is 0 Å². The minimum atomic E-state index is -0.308. The first-order valence-electron chi connectivity index (χ1n) is 7.01. The van der Waals surface area contributed by atoms with E-state index in [9.17, 15) is 5.11 Å². The molecule has 2 heteroatoms. The molecule has 0 amide bonds. The fourth-order valence-corrected chi connectivity index (χ4v) is 2.51. The molecule has 1 unspecified atom stereocenters. The van der Waals surface area contributed by atoms with Crippen molar-refractivity contribution < 1.29 is 5.11 Å². The van der Waals surface area contributed by atoms with Crippen LogP contribution in [0.5, 0.6) is 0 Å². The van der Waals surface area contributed by atoms with Gasteiger partial charge in [0, 0.05) is 4.47 Å². The van der Waals surface area contributed by atoms with Gasteiger partial charge in [0.1, 0.15) is 0 Å². The third-order valence-electron chi connectivity index (χ3n) is 3.42. The van der Waals surface area contributed by atoms with E-state index < -0.39 is 0 Å². The lowest BCUT2D eigenvalue weighted by molar-refractivity contribution is 0.163. The van der Waals surface area contributed by atoms with Crippen molar-refractivity contribution in [2.24, 2.45) is 0 Å². The molecular weight excluding hydrogens is 288 g/mol. The number of aryl methyl sites for hydroxylation is 2. The molecule has 0 spiro atoms. The van der Waals surface area contributed by atoms with Crippen molar-refractivity contribution in [3.63, 3.8) is 0 Å². The van der Waals surface area contributed by atoms with Gasteiger partial charge in [0.05, 0.1) is 6.10 Å². The van der Waals surface area contributed by atoms with Crippen LogP contribution in [-0.2, 0) is 0 Å². The third kappa shape index (κ3) is 4.74. The highest BCUT2D eigenvalue weighted by atomic mass is 79.9. The van der Waals surface area contributed by atoms with Crippen LogP contribution in [0.1, 0.15) is 68.2 Å². The van der Waals surface area contributed by atoms with E-state index in [2.05, 4.69) is 48.8 Å². The summed E-state index contributed by atoms with van der Waals surface area (Å²) < 4.78 is 1.15. The highest BCUT2D eigenvalue weighted by Gasteiger charge is 2.10. The van der Waals surface area contributed by atoms with Gasteiger partial charge in [0.2, 0.25) is 0 Å². The number of benzene rings is 1. The Morgan fingerprint density at radius 2 is 1.61 bits per heavy atom. The van der Waals surface area contributed by atoms with Crippen LogP contribution >= 0.6 is 15.9 Å².